The Labute approximate surface area is 315 Å². The van der Waals surface area contributed by atoms with Crippen LogP contribution in [0.1, 0.15) is 39.8 Å². The van der Waals surface area contributed by atoms with Gasteiger partial charge in [-0.1, -0.05) is 12.1 Å². The molecule has 1 saturated heterocycles. The van der Waals surface area contributed by atoms with Gasteiger partial charge in [0.2, 0.25) is 18.3 Å². The highest BCUT2D eigenvalue weighted by Crippen LogP contribution is 2.56. The Balaban J connectivity index is 1.40. The number of benzene rings is 4. The number of nitrogens with one attached hydrogen (secondary N) is 1. The van der Waals surface area contributed by atoms with E-state index in [0.29, 0.717) is 56.8 Å². The summed E-state index contributed by atoms with van der Waals surface area (Å²) >= 11 is 0. The first-order valence-corrected chi connectivity index (χ1v) is 17.1. The third-order valence-corrected chi connectivity index (χ3v) is 10.2. The van der Waals surface area contributed by atoms with Crippen molar-refractivity contribution >= 4 is 29.2 Å². The summed E-state index contributed by atoms with van der Waals surface area (Å²) in [5.74, 6) is -0.0688. The van der Waals surface area contributed by atoms with Gasteiger partial charge in [0, 0.05) is 23.5 Å². The topological polar surface area (TPSA) is 172 Å². The fourth-order valence-corrected chi connectivity index (χ4v) is 7.70. The summed E-state index contributed by atoms with van der Waals surface area (Å²) in [5.41, 5.74) is 2.36. The Morgan fingerprint density at radius 3 is 1.91 bits per heavy atom. The van der Waals surface area contributed by atoms with Crippen LogP contribution in [-0.4, -0.2) is 72.9 Å². The molecule has 286 valence electrons. The van der Waals surface area contributed by atoms with Gasteiger partial charge in [-0.15, -0.1) is 0 Å². The smallest absolute Gasteiger partial charge is 0.310 e. The van der Waals surface area contributed by atoms with Crippen LogP contribution in [0.25, 0.3) is 11.6 Å². The number of methoxy groups -OCH3 is 6. The Bertz CT molecular complexity index is 2170. The number of rotatable bonds is 12. The van der Waals surface area contributed by atoms with Crippen molar-refractivity contribution in [2.45, 2.75) is 12.0 Å². The van der Waals surface area contributed by atoms with Gasteiger partial charge in [-0.3, -0.25) is 19.7 Å². The normalized spacial score (nSPS) is 19.4. The molecule has 1 N–H and O–H groups in total. The van der Waals surface area contributed by atoms with Gasteiger partial charge in [-0.05, 0) is 70.8 Å². The first-order valence-electron chi connectivity index (χ1n) is 17.1. The number of carbonyl (C=O) groups is 2. The van der Waals surface area contributed by atoms with Gasteiger partial charge in [-0.25, -0.2) is 0 Å². The van der Waals surface area contributed by atoms with E-state index >= 15 is 0 Å². The number of hydrogen-bond donors (Lipinski definition) is 1. The van der Waals surface area contributed by atoms with Gasteiger partial charge in [-0.2, -0.15) is 0 Å². The SMILES string of the molecule is COc1cc(/C(=C\c2ccccc2[N+](=O)[O-])C(=O)N[C@@H]2c3cc4c(cc3[C@@H](c3cc(OC)c(OC)c(OC)c3)[C@H]3C(=O)OC[C@@H]32)OCO4)cc(OC)c1OC. The van der Waals surface area contributed by atoms with E-state index in [4.69, 9.17) is 42.6 Å². The number of nitro benzene ring substituents is 1. The average molecular weight is 755 g/mol. The molecule has 15 heteroatoms. The fourth-order valence-electron chi connectivity index (χ4n) is 7.70. The standard InChI is InChI=1S/C40H38N2O13/c1-47-30-12-21(13-31(48-2)37(30)51-5)23(11-20-9-7-8-10-27(20)42(45)46)39(43)41-36-25-17-29-28(54-19-55-29)16-24(25)34(35-26(36)18-53-40(35)44)22-14-32(49-3)38(52-6)33(15-22)50-4/h7-17,26,34-36H,18-19H2,1-6H3,(H,41,43)/b23-11+/t26-,34+,35-,36+/m0/s1. The number of ether oxygens (including phenoxy) is 9. The molecular formula is C40H38N2O13. The zero-order valence-electron chi connectivity index (χ0n) is 30.8. The molecule has 3 aliphatic rings. The van der Waals surface area contributed by atoms with E-state index in [0.717, 1.165) is 0 Å². The maximum Gasteiger partial charge on any atom is 0.310 e. The fraction of sp³-hybridized carbons (Fsp3) is 0.300. The highest BCUT2D eigenvalue weighted by molar-refractivity contribution is 6.24. The number of carbonyl (C=O) groups excluding carboxylic acids is 2. The highest BCUT2D eigenvalue weighted by atomic mass is 16.7. The molecule has 0 saturated carbocycles. The van der Waals surface area contributed by atoms with Crippen LogP contribution < -0.4 is 43.2 Å². The quantitative estimate of drug-likeness (QED) is 0.0614. The minimum atomic E-state index is -0.803. The molecule has 4 aromatic rings. The second-order valence-corrected chi connectivity index (χ2v) is 12.8. The first kappa shape index (κ1) is 36.7. The van der Waals surface area contributed by atoms with Crippen LogP contribution in [0, 0.1) is 22.0 Å². The Hall–Kier alpha value is -6.64. The second-order valence-electron chi connectivity index (χ2n) is 12.8. The van der Waals surface area contributed by atoms with Crippen molar-refractivity contribution in [2.75, 3.05) is 56.1 Å². The van der Waals surface area contributed by atoms with Gasteiger partial charge < -0.3 is 47.9 Å². The van der Waals surface area contributed by atoms with Crippen molar-refractivity contribution in [3.05, 3.63) is 98.6 Å². The zero-order chi connectivity index (χ0) is 39.0. The van der Waals surface area contributed by atoms with Crippen molar-refractivity contribution in [3.8, 4) is 46.0 Å². The lowest BCUT2D eigenvalue weighted by Gasteiger charge is -2.39. The Kier molecular flexibility index (Phi) is 10.0. The van der Waals surface area contributed by atoms with Gasteiger partial charge in [0.25, 0.3) is 11.6 Å². The molecule has 1 fully saturated rings. The maximum atomic E-state index is 14.9. The van der Waals surface area contributed by atoms with E-state index in [2.05, 4.69) is 5.32 Å². The van der Waals surface area contributed by atoms with Crippen LogP contribution in [0.4, 0.5) is 5.69 Å². The van der Waals surface area contributed by atoms with E-state index in [-0.39, 0.29) is 41.7 Å². The number of fused-ring (bicyclic) bond motifs is 3. The molecule has 15 nitrogen and oxygen atoms in total. The summed E-state index contributed by atoms with van der Waals surface area (Å²) in [7, 11) is 8.86. The number of para-hydroxylation sites is 1. The lowest BCUT2D eigenvalue weighted by atomic mass is 9.65. The zero-order valence-corrected chi connectivity index (χ0v) is 30.8. The Morgan fingerprint density at radius 1 is 0.782 bits per heavy atom. The van der Waals surface area contributed by atoms with Crippen LogP contribution in [0.3, 0.4) is 0 Å². The summed E-state index contributed by atoms with van der Waals surface area (Å²) in [5, 5.41) is 15.3. The van der Waals surface area contributed by atoms with E-state index < -0.39 is 40.6 Å². The average Bonchev–Trinajstić information content (AvgIpc) is 3.83. The van der Waals surface area contributed by atoms with Crippen LogP contribution in [0.15, 0.2) is 60.7 Å². The van der Waals surface area contributed by atoms with E-state index in [1.165, 1.54) is 54.8 Å². The molecule has 0 aromatic heterocycles. The van der Waals surface area contributed by atoms with Crippen LogP contribution >= 0.6 is 0 Å². The molecule has 0 unspecified atom stereocenters. The number of esters is 1. The van der Waals surface area contributed by atoms with Crippen molar-refractivity contribution in [3.63, 3.8) is 0 Å². The molecule has 2 heterocycles. The Morgan fingerprint density at radius 2 is 1.35 bits per heavy atom. The number of nitro groups is 1. The molecule has 0 bridgehead atoms. The molecule has 4 aromatic carbocycles. The summed E-state index contributed by atoms with van der Waals surface area (Å²) < 4.78 is 51.0. The molecule has 0 spiro atoms. The lowest BCUT2D eigenvalue weighted by molar-refractivity contribution is -0.385. The number of hydrogen-bond acceptors (Lipinski definition) is 13. The van der Waals surface area contributed by atoms with Crippen molar-refractivity contribution in [2.24, 2.45) is 11.8 Å². The summed E-state index contributed by atoms with van der Waals surface area (Å²) in [4.78, 5) is 40.2. The van der Waals surface area contributed by atoms with Crippen LogP contribution in [-0.2, 0) is 14.3 Å². The predicted molar refractivity (Wildman–Crippen MR) is 196 cm³/mol. The van der Waals surface area contributed by atoms with Gasteiger partial charge in [0.1, 0.15) is 0 Å². The van der Waals surface area contributed by atoms with Crippen LogP contribution in [0.2, 0.25) is 0 Å². The lowest BCUT2D eigenvalue weighted by Crippen LogP contribution is -2.43. The number of amides is 1. The van der Waals surface area contributed by atoms with Crippen molar-refractivity contribution < 1.29 is 57.1 Å². The largest absolute Gasteiger partial charge is 0.493 e. The maximum absolute atomic E-state index is 14.9. The molecule has 55 heavy (non-hydrogen) atoms. The monoisotopic (exact) mass is 754 g/mol. The predicted octanol–water partition coefficient (Wildman–Crippen LogP) is 5.71. The highest BCUT2D eigenvalue weighted by Gasteiger charge is 2.53. The summed E-state index contributed by atoms with van der Waals surface area (Å²) in [6, 6.07) is 15.6. The number of cyclic esters (lactones) is 1. The molecule has 4 atom stereocenters. The number of nitrogens with zero attached hydrogens (tertiary/aromatic N) is 1. The van der Waals surface area contributed by atoms with Gasteiger partial charge >= 0.3 is 5.97 Å². The third-order valence-electron chi connectivity index (χ3n) is 10.2. The molecule has 2 aliphatic heterocycles. The summed E-state index contributed by atoms with van der Waals surface area (Å²) in [6.45, 7) is -0.0144. The molecule has 1 aliphatic carbocycles. The van der Waals surface area contributed by atoms with Gasteiger partial charge in [0.15, 0.2) is 34.5 Å². The van der Waals surface area contributed by atoms with E-state index in [9.17, 15) is 19.7 Å². The second kappa shape index (κ2) is 15.0. The minimum Gasteiger partial charge on any atom is -0.493 e. The molecular weight excluding hydrogens is 716 g/mol. The molecule has 7 rings (SSSR count). The molecule has 0 radical (unpaired) electrons. The van der Waals surface area contributed by atoms with Crippen molar-refractivity contribution in [1.82, 2.24) is 5.32 Å². The molecule has 1 amide bonds. The summed E-state index contributed by atoms with van der Waals surface area (Å²) in [6.07, 6.45) is 1.43. The van der Waals surface area contributed by atoms with Crippen LogP contribution in [0.5, 0.6) is 46.0 Å². The van der Waals surface area contributed by atoms with Gasteiger partial charge in [0.05, 0.1) is 71.7 Å². The van der Waals surface area contributed by atoms with E-state index in [1.54, 1.807) is 48.5 Å². The van der Waals surface area contributed by atoms with Crippen molar-refractivity contribution in [1.29, 1.82) is 0 Å². The first-order chi connectivity index (χ1) is 26.6. The third kappa shape index (κ3) is 6.40. The van der Waals surface area contributed by atoms with E-state index in [1.807, 2.05) is 6.07 Å². The minimum absolute atomic E-state index is 0.00333.